The molecule has 0 aromatic heterocycles. The number of fused-ring (bicyclic) bond motifs is 1. The first kappa shape index (κ1) is 7.92. The van der Waals surface area contributed by atoms with Crippen LogP contribution in [0.2, 0.25) is 0 Å². The third-order valence-electron chi connectivity index (χ3n) is 5.78. The van der Waals surface area contributed by atoms with Crippen molar-refractivity contribution in [3.63, 3.8) is 0 Å². The fourth-order valence-electron chi connectivity index (χ4n) is 5.47. The maximum absolute atomic E-state index is 9.92. The molecular weight excluding hydrogens is 172 g/mol. The van der Waals surface area contributed by atoms with Gasteiger partial charge in [-0.25, -0.2) is 0 Å². The lowest BCUT2D eigenvalue weighted by Crippen LogP contribution is -2.37. The average molecular weight is 190 g/mol. The van der Waals surface area contributed by atoms with Gasteiger partial charge in [0, 0.05) is 0 Å². The van der Waals surface area contributed by atoms with Gasteiger partial charge in [0.25, 0.3) is 0 Å². The van der Waals surface area contributed by atoms with Crippen LogP contribution < -0.4 is 0 Å². The maximum atomic E-state index is 9.92. The molecule has 0 aromatic carbocycles. The summed E-state index contributed by atoms with van der Waals surface area (Å²) in [6.07, 6.45) is 8.99. The van der Waals surface area contributed by atoms with E-state index in [0.717, 1.165) is 23.7 Å². The van der Waals surface area contributed by atoms with Crippen molar-refractivity contribution in [1.29, 1.82) is 0 Å². The molecule has 0 saturated heterocycles. The molecule has 0 aromatic rings. The van der Waals surface area contributed by atoms with Crippen LogP contribution >= 0.6 is 0 Å². The Balaban J connectivity index is 1.81. The van der Waals surface area contributed by atoms with Gasteiger partial charge < -0.3 is 5.11 Å². The van der Waals surface area contributed by atoms with Crippen molar-refractivity contribution >= 4 is 0 Å². The molecule has 0 aliphatic heterocycles. The monoisotopic (exact) mass is 190 g/mol. The molecular formula is C13H18O. The van der Waals surface area contributed by atoms with Crippen LogP contribution in [0.1, 0.15) is 26.2 Å². The van der Waals surface area contributed by atoms with Crippen molar-refractivity contribution < 1.29 is 5.11 Å². The quantitative estimate of drug-likeness (QED) is 0.629. The molecule has 1 nitrogen and oxygen atoms in total. The van der Waals surface area contributed by atoms with Crippen LogP contribution in [0.3, 0.4) is 0 Å². The Labute approximate surface area is 85.2 Å². The largest absolute Gasteiger partial charge is 0.393 e. The summed E-state index contributed by atoms with van der Waals surface area (Å²) in [5.41, 5.74) is 0.567. The minimum Gasteiger partial charge on any atom is -0.393 e. The summed E-state index contributed by atoms with van der Waals surface area (Å²) in [6.45, 7) is 2.01. The van der Waals surface area contributed by atoms with Crippen molar-refractivity contribution in [3.05, 3.63) is 12.2 Å². The van der Waals surface area contributed by atoms with Gasteiger partial charge >= 0.3 is 0 Å². The first-order chi connectivity index (χ1) is 6.76. The molecule has 2 bridgehead atoms. The molecule has 5 unspecified atom stereocenters. The normalized spacial score (nSPS) is 64.0. The minimum atomic E-state index is -0.0797. The maximum Gasteiger partial charge on any atom is 0.0546 e. The third kappa shape index (κ3) is 0.589. The minimum absolute atomic E-state index is 0.0797. The summed E-state index contributed by atoms with van der Waals surface area (Å²) in [5.74, 6) is 4.26. The summed E-state index contributed by atoms with van der Waals surface area (Å²) in [5, 5.41) is 9.92. The molecule has 14 heavy (non-hydrogen) atoms. The standard InChI is InChI=1S/C13H18O/c1-7(14)9-3-2-8-6-12-11-5-4-10(8)13(9,11)12/h4-5,7-12,14H,2-3,6H2,1H3/t7?,8?,9-,10?,11?,12?,13-/m1/s1. The van der Waals surface area contributed by atoms with E-state index in [1.54, 1.807) is 0 Å². The Morgan fingerprint density at radius 3 is 2.86 bits per heavy atom. The Kier molecular flexibility index (Phi) is 1.19. The third-order valence-corrected chi connectivity index (χ3v) is 5.78. The van der Waals surface area contributed by atoms with E-state index in [0.29, 0.717) is 11.3 Å². The predicted molar refractivity (Wildman–Crippen MR) is 54.6 cm³/mol. The number of hydrogen-bond acceptors (Lipinski definition) is 1. The molecule has 3 saturated carbocycles. The van der Waals surface area contributed by atoms with Crippen LogP contribution in [0.15, 0.2) is 12.2 Å². The van der Waals surface area contributed by atoms with Gasteiger partial charge in [-0.2, -0.15) is 0 Å². The first-order valence-electron chi connectivity index (χ1n) is 6.12. The molecule has 0 radical (unpaired) electrons. The van der Waals surface area contributed by atoms with E-state index in [2.05, 4.69) is 12.2 Å². The average Bonchev–Trinajstić information content (AvgIpc) is 2.53. The zero-order chi connectivity index (χ0) is 9.50. The van der Waals surface area contributed by atoms with E-state index in [-0.39, 0.29) is 6.10 Å². The van der Waals surface area contributed by atoms with Gasteiger partial charge in [-0.1, -0.05) is 12.2 Å². The van der Waals surface area contributed by atoms with Gasteiger partial charge in [0.15, 0.2) is 0 Å². The lowest BCUT2D eigenvalue weighted by Gasteiger charge is -2.39. The van der Waals surface area contributed by atoms with Crippen molar-refractivity contribution in [2.45, 2.75) is 32.3 Å². The Morgan fingerprint density at radius 1 is 1.29 bits per heavy atom. The van der Waals surface area contributed by atoms with E-state index in [1.807, 2.05) is 6.92 Å². The van der Waals surface area contributed by atoms with Crippen LogP contribution in [0.25, 0.3) is 0 Å². The van der Waals surface area contributed by atoms with Crippen molar-refractivity contribution in [2.24, 2.45) is 35.0 Å². The fourth-order valence-corrected chi connectivity index (χ4v) is 5.47. The second-order valence-corrected chi connectivity index (χ2v) is 5.96. The summed E-state index contributed by atoms with van der Waals surface area (Å²) in [6, 6.07) is 0. The molecule has 4 aliphatic carbocycles. The molecule has 4 aliphatic rings. The Bertz CT molecular complexity index is 319. The number of aliphatic hydroxyl groups excluding tert-OH is 1. The van der Waals surface area contributed by atoms with Gasteiger partial charge in [0.05, 0.1) is 6.10 Å². The van der Waals surface area contributed by atoms with Gasteiger partial charge in [-0.05, 0) is 61.2 Å². The van der Waals surface area contributed by atoms with Gasteiger partial charge in [-0.15, -0.1) is 0 Å². The molecule has 7 atom stereocenters. The highest BCUT2D eigenvalue weighted by molar-refractivity contribution is 5.37. The number of aliphatic hydroxyl groups is 1. The Morgan fingerprint density at radius 2 is 2.07 bits per heavy atom. The van der Waals surface area contributed by atoms with Gasteiger partial charge in [-0.3, -0.25) is 0 Å². The zero-order valence-corrected chi connectivity index (χ0v) is 8.69. The molecule has 4 rings (SSSR count). The van der Waals surface area contributed by atoms with Crippen LogP contribution in [0.4, 0.5) is 0 Å². The van der Waals surface area contributed by atoms with Gasteiger partial charge in [0.1, 0.15) is 0 Å². The van der Waals surface area contributed by atoms with Crippen molar-refractivity contribution in [1.82, 2.24) is 0 Å². The van der Waals surface area contributed by atoms with Crippen molar-refractivity contribution in [2.75, 3.05) is 0 Å². The van der Waals surface area contributed by atoms with Gasteiger partial charge in [0.2, 0.25) is 0 Å². The zero-order valence-electron chi connectivity index (χ0n) is 8.69. The van der Waals surface area contributed by atoms with E-state index < -0.39 is 0 Å². The molecule has 1 heteroatoms. The molecule has 76 valence electrons. The number of allylic oxidation sites excluding steroid dienone is 2. The predicted octanol–water partition coefficient (Wildman–Crippen LogP) is 2.22. The highest BCUT2D eigenvalue weighted by Gasteiger charge is 2.78. The number of hydrogen-bond donors (Lipinski definition) is 1. The Hall–Kier alpha value is -0.300. The lowest BCUT2D eigenvalue weighted by molar-refractivity contribution is 0.0219. The highest BCUT2D eigenvalue weighted by Crippen LogP contribution is 2.82. The lowest BCUT2D eigenvalue weighted by atomic mass is 9.66. The summed E-state index contributed by atoms with van der Waals surface area (Å²) < 4.78 is 0. The van der Waals surface area contributed by atoms with Crippen LogP contribution in [-0.2, 0) is 0 Å². The fraction of sp³-hybridized carbons (Fsp3) is 0.846. The molecule has 0 amide bonds. The molecule has 1 spiro atoms. The summed E-state index contributed by atoms with van der Waals surface area (Å²) in [4.78, 5) is 0. The van der Waals surface area contributed by atoms with E-state index in [4.69, 9.17) is 0 Å². The summed E-state index contributed by atoms with van der Waals surface area (Å²) in [7, 11) is 0. The SMILES string of the molecule is CC(O)[C@H]1CCC2CC3C4C=CC2[C@]431. The molecule has 1 N–H and O–H groups in total. The van der Waals surface area contributed by atoms with E-state index in [9.17, 15) is 5.11 Å². The number of rotatable bonds is 1. The first-order valence-corrected chi connectivity index (χ1v) is 6.12. The van der Waals surface area contributed by atoms with Crippen molar-refractivity contribution in [3.8, 4) is 0 Å². The van der Waals surface area contributed by atoms with Crippen LogP contribution in [0, 0.1) is 35.0 Å². The summed E-state index contributed by atoms with van der Waals surface area (Å²) >= 11 is 0. The second-order valence-electron chi connectivity index (χ2n) is 5.96. The highest BCUT2D eigenvalue weighted by atomic mass is 16.3. The molecule has 0 heterocycles. The van der Waals surface area contributed by atoms with Crippen LogP contribution in [-0.4, -0.2) is 11.2 Å². The second kappa shape index (κ2) is 2.11. The smallest absolute Gasteiger partial charge is 0.0546 e. The van der Waals surface area contributed by atoms with E-state index >= 15 is 0 Å². The van der Waals surface area contributed by atoms with Crippen LogP contribution in [0.5, 0.6) is 0 Å². The van der Waals surface area contributed by atoms with E-state index in [1.165, 1.54) is 19.3 Å². The topological polar surface area (TPSA) is 20.2 Å². The molecule has 3 fully saturated rings.